The molecule has 0 aliphatic heterocycles. The first kappa shape index (κ1) is 22.6. The van der Waals surface area contributed by atoms with E-state index in [1.165, 1.54) is 11.1 Å². The SMILES string of the molecule is COc1ccc(CCNC(=O)CNc2c(C(C)C)cccc2C(C)C)cc1OC. The van der Waals surface area contributed by atoms with Crippen molar-refractivity contribution in [2.75, 3.05) is 32.6 Å². The van der Waals surface area contributed by atoms with Gasteiger partial charge in [0.2, 0.25) is 5.91 Å². The molecule has 0 aromatic heterocycles. The summed E-state index contributed by atoms with van der Waals surface area (Å²) in [4.78, 5) is 12.4. The van der Waals surface area contributed by atoms with E-state index in [2.05, 4.69) is 56.5 Å². The molecule has 2 aromatic rings. The van der Waals surface area contributed by atoms with Gasteiger partial charge in [-0.15, -0.1) is 0 Å². The minimum atomic E-state index is -0.0151. The number of para-hydroxylation sites is 1. The summed E-state index contributed by atoms with van der Waals surface area (Å²) in [5, 5.41) is 6.37. The van der Waals surface area contributed by atoms with Crippen LogP contribution in [0.5, 0.6) is 11.5 Å². The fourth-order valence-corrected chi connectivity index (χ4v) is 3.37. The number of benzene rings is 2. The summed E-state index contributed by atoms with van der Waals surface area (Å²) in [6.07, 6.45) is 0.728. The predicted molar refractivity (Wildman–Crippen MR) is 119 cm³/mol. The van der Waals surface area contributed by atoms with E-state index in [1.807, 2.05) is 18.2 Å². The highest BCUT2D eigenvalue weighted by atomic mass is 16.5. The van der Waals surface area contributed by atoms with Gasteiger partial charge in [0.15, 0.2) is 11.5 Å². The minimum absolute atomic E-state index is 0.0151. The zero-order valence-electron chi connectivity index (χ0n) is 18.5. The number of nitrogens with one attached hydrogen (secondary N) is 2. The van der Waals surface area contributed by atoms with Gasteiger partial charge in [-0.3, -0.25) is 4.79 Å². The van der Waals surface area contributed by atoms with Gasteiger partial charge in [0.1, 0.15) is 0 Å². The molecule has 0 radical (unpaired) electrons. The maximum atomic E-state index is 12.4. The fourth-order valence-electron chi connectivity index (χ4n) is 3.37. The topological polar surface area (TPSA) is 59.6 Å². The van der Waals surface area contributed by atoms with Crippen molar-refractivity contribution in [3.8, 4) is 11.5 Å². The van der Waals surface area contributed by atoms with Gasteiger partial charge in [0.25, 0.3) is 0 Å². The first-order chi connectivity index (χ1) is 13.9. The van der Waals surface area contributed by atoms with Crippen LogP contribution in [0.3, 0.4) is 0 Å². The zero-order chi connectivity index (χ0) is 21.4. The molecule has 0 unspecified atom stereocenters. The van der Waals surface area contributed by atoms with Gasteiger partial charge in [-0.2, -0.15) is 0 Å². The average Bonchev–Trinajstić information content (AvgIpc) is 2.71. The molecule has 0 fully saturated rings. The summed E-state index contributed by atoms with van der Waals surface area (Å²) < 4.78 is 10.6. The fraction of sp³-hybridized carbons (Fsp3) is 0.458. The minimum Gasteiger partial charge on any atom is -0.493 e. The predicted octanol–water partition coefficient (Wildman–Crippen LogP) is 4.72. The molecule has 29 heavy (non-hydrogen) atoms. The van der Waals surface area contributed by atoms with Gasteiger partial charge >= 0.3 is 0 Å². The molecular formula is C24H34N2O3. The summed E-state index contributed by atoms with van der Waals surface area (Å²) in [5.74, 6) is 2.17. The van der Waals surface area contributed by atoms with E-state index >= 15 is 0 Å². The van der Waals surface area contributed by atoms with E-state index in [0.717, 1.165) is 17.7 Å². The van der Waals surface area contributed by atoms with Crippen molar-refractivity contribution in [3.63, 3.8) is 0 Å². The number of anilines is 1. The lowest BCUT2D eigenvalue weighted by molar-refractivity contribution is -0.119. The Hall–Kier alpha value is -2.69. The third-order valence-corrected chi connectivity index (χ3v) is 4.98. The summed E-state index contributed by atoms with van der Waals surface area (Å²) in [5.41, 5.74) is 4.67. The van der Waals surface area contributed by atoms with Crippen LogP contribution in [0.25, 0.3) is 0 Å². The van der Waals surface area contributed by atoms with E-state index in [-0.39, 0.29) is 12.5 Å². The Kier molecular flexibility index (Phi) is 8.37. The Bertz CT molecular complexity index is 790. The van der Waals surface area contributed by atoms with E-state index in [1.54, 1.807) is 14.2 Å². The number of amides is 1. The van der Waals surface area contributed by atoms with Crippen molar-refractivity contribution in [1.29, 1.82) is 0 Å². The van der Waals surface area contributed by atoms with Gasteiger partial charge in [-0.1, -0.05) is 52.0 Å². The number of hydrogen-bond acceptors (Lipinski definition) is 4. The lowest BCUT2D eigenvalue weighted by atomic mass is 9.92. The van der Waals surface area contributed by atoms with Crippen LogP contribution in [0.2, 0.25) is 0 Å². The second-order valence-corrected chi connectivity index (χ2v) is 7.76. The lowest BCUT2D eigenvalue weighted by Gasteiger charge is -2.20. The normalized spacial score (nSPS) is 10.9. The average molecular weight is 399 g/mol. The second kappa shape index (κ2) is 10.7. The van der Waals surface area contributed by atoms with Crippen LogP contribution in [0.1, 0.15) is 56.2 Å². The summed E-state index contributed by atoms with van der Waals surface area (Å²) in [6.45, 7) is 9.53. The number of methoxy groups -OCH3 is 2. The van der Waals surface area contributed by atoms with Crippen LogP contribution < -0.4 is 20.1 Å². The standard InChI is InChI=1S/C24H34N2O3/c1-16(2)19-8-7-9-20(17(3)4)24(19)26-15-23(27)25-13-12-18-10-11-21(28-5)22(14-18)29-6/h7-11,14,16-17,26H,12-13,15H2,1-6H3,(H,25,27). The Morgan fingerprint density at radius 3 is 2.10 bits per heavy atom. The maximum absolute atomic E-state index is 12.4. The molecule has 0 bridgehead atoms. The molecule has 2 N–H and O–H groups in total. The van der Waals surface area contributed by atoms with E-state index in [0.29, 0.717) is 29.9 Å². The monoisotopic (exact) mass is 398 g/mol. The molecule has 2 aromatic carbocycles. The van der Waals surface area contributed by atoms with Crippen molar-refractivity contribution in [2.45, 2.75) is 46.0 Å². The van der Waals surface area contributed by atoms with E-state index in [9.17, 15) is 4.79 Å². The highest BCUT2D eigenvalue weighted by Crippen LogP contribution is 2.32. The van der Waals surface area contributed by atoms with Gasteiger partial charge < -0.3 is 20.1 Å². The molecule has 158 valence electrons. The van der Waals surface area contributed by atoms with Gasteiger partial charge in [0.05, 0.1) is 20.8 Å². The molecule has 0 aliphatic rings. The van der Waals surface area contributed by atoms with Crippen molar-refractivity contribution in [3.05, 3.63) is 53.1 Å². The van der Waals surface area contributed by atoms with Crippen LogP contribution in [-0.2, 0) is 11.2 Å². The van der Waals surface area contributed by atoms with Crippen LogP contribution in [0, 0.1) is 0 Å². The van der Waals surface area contributed by atoms with Crippen molar-refractivity contribution in [2.24, 2.45) is 0 Å². The largest absolute Gasteiger partial charge is 0.493 e. The third kappa shape index (κ3) is 6.14. The van der Waals surface area contributed by atoms with Crippen LogP contribution in [0.15, 0.2) is 36.4 Å². The zero-order valence-corrected chi connectivity index (χ0v) is 18.5. The molecule has 5 heteroatoms. The molecular weight excluding hydrogens is 364 g/mol. The number of rotatable bonds is 10. The van der Waals surface area contributed by atoms with Crippen molar-refractivity contribution in [1.82, 2.24) is 5.32 Å². The molecule has 0 aliphatic carbocycles. The van der Waals surface area contributed by atoms with E-state index < -0.39 is 0 Å². The molecule has 0 heterocycles. The molecule has 5 nitrogen and oxygen atoms in total. The summed E-state index contributed by atoms with van der Waals surface area (Å²) >= 11 is 0. The van der Waals surface area contributed by atoms with Crippen molar-refractivity contribution >= 4 is 11.6 Å². The quantitative estimate of drug-likeness (QED) is 0.608. The summed E-state index contributed by atoms with van der Waals surface area (Å²) in [7, 11) is 3.24. The number of carbonyl (C=O) groups excluding carboxylic acids is 1. The highest BCUT2D eigenvalue weighted by molar-refractivity contribution is 5.81. The third-order valence-electron chi connectivity index (χ3n) is 4.98. The van der Waals surface area contributed by atoms with Gasteiger partial charge in [-0.05, 0) is 47.1 Å². The Morgan fingerprint density at radius 1 is 0.931 bits per heavy atom. The first-order valence-corrected chi connectivity index (χ1v) is 10.2. The molecule has 1 amide bonds. The second-order valence-electron chi connectivity index (χ2n) is 7.76. The lowest BCUT2D eigenvalue weighted by Crippen LogP contribution is -2.31. The van der Waals surface area contributed by atoms with Crippen LogP contribution >= 0.6 is 0 Å². The first-order valence-electron chi connectivity index (χ1n) is 10.2. The Labute approximate surface area is 174 Å². The molecule has 0 saturated carbocycles. The maximum Gasteiger partial charge on any atom is 0.239 e. The molecule has 0 atom stereocenters. The van der Waals surface area contributed by atoms with Crippen LogP contribution in [-0.4, -0.2) is 33.2 Å². The van der Waals surface area contributed by atoms with Crippen molar-refractivity contribution < 1.29 is 14.3 Å². The molecule has 2 rings (SSSR count). The number of carbonyl (C=O) groups is 1. The van der Waals surface area contributed by atoms with Gasteiger partial charge in [0, 0.05) is 12.2 Å². The molecule has 0 spiro atoms. The van der Waals surface area contributed by atoms with Crippen LogP contribution in [0.4, 0.5) is 5.69 Å². The Morgan fingerprint density at radius 2 is 1.55 bits per heavy atom. The van der Waals surface area contributed by atoms with E-state index in [4.69, 9.17) is 9.47 Å². The number of hydrogen-bond donors (Lipinski definition) is 2. The highest BCUT2D eigenvalue weighted by Gasteiger charge is 2.14. The smallest absolute Gasteiger partial charge is 0.239 e. The Balaban J connectivity index is 1.93. The summed E-state index contributed by atoms with van der Waals surface area (Å²) in [6, 6.07) is 12.2. The molecule has 0 saturated heterocycles. The number of ether oxygens (including phenoxy) is 2. The van der Waals surface area contributed by atoms with Gasteiger partial charge in [-0.25, -0.2) is 0 Å².